The van der Waals surface area contributed by atoms with Gasteiger partial charge in [-0.3, -0.25) is 9.47 Å². The smallest absolute Gasteiger partial charge is 0.387 e. The number of alkyl halides is 2. The normalized spacial score (nSPS) is 11.2. The number of halogens is 2. The first-order valence-electron chi connectivity index (χ1n) is 9.13. The van der Waals surface area contributed by atoms with Crippen LogP contribution in [0.3, 0.4) is 0 Å². The van der Waals surface area contributed by atoms with Gasteiger partial charge in [0.2, 0.25) is 0 Å². The van der Waals surface area contributed by atoms with Crippen molar-refractivity contribution in [1.82, 2.24) is 14.0 Å². The molecule has 2 aromatic carbocycles. The third-order valence-electron chi connectivity index (χ3n) is 4.49. The molecule has 0 N–H and O–H groups in total. The molecule has 9 heteroatoms. The van der Waals surface area contributed by atoms with E-state index in [4.69, 9.17) is 21.7 Å². The highest BCUT2D eigenvalue weighted by Crippen LogP contribution is 2.29. The van der Waals surface area contributed by atoms with Crippen molar-refractivity contribution in [2.75, 3.05) is 21.3 Å². The molecular formula is C21H23F2N3O3S. The molecule has 0 fully saturated rings. The molecule has 0 bridgehead atoms. The summed E-state index contributed by atoms with van der Waals surface area (Å²) in [5.74, 6) is 1.06. The Bertz CT molecular complexity index is 1030. The topological polar surface area (TPSA) is 40.8 Å². The zero-order chi connectivity index (χ0) is 21.7. The summed E-state index contributed by atoms with van der Waals surface area (Å²) in [6.45, 7) is -1.77. The van der Waals surface area contributed by atoms with Crippen LogP contribution in [-0.2, 0) is 13.2 Å². The Morgan fingerprint density at radius 3 is 2.37 bits per heavy atom. The van der Waals surface area contributed by atoms with E-state index in [1.165, 1.54) is 13.2 Å². The van der Waals surface area contributed by atoms with Gasteiger partial charge in [-0.05, 0) is 61.2 Å². The van der Waals surface area contributed by atoms with Gasteiger partial charge in [0.05, 0.1) is 20.9 Å². The number of hydrogen-bond acceptors (Lipinski definition) is 5. The molecule has 0 unspecified atom stereocenters. The Morgan fingerprint density at radius 1 is 1.00 bits per heavy atom. The van der Waals surface area contributed by atoms with E-state index in [0.29, 0.717) is 18.0 Å². The Morgan fingerprint density at radius 2 is 1.73 bits per heavy atom. The van der Waals surface area contributed by atoms with Gasteiger partial charge in [0, 0.05) is 24.6 Å². The monoisotopic (exact) mass is 435 g/mol. The van der Waals surface area contributed by atoms with Crippen LogP contribution in [0.4, 0.5) is 8.78 Å². The summed E-state index contributed by atoms with van der Waals surface area (Å²) in [5, 5.41) is 0. The number of nitrogens with zero attached hydrogens (tertiary/aromatic N) is 3. The summed E-state index contributed by atoms with van der Waals surface area (Å²) in [6, 6.07) is 12.6. The van der Waals surface area contributed by atoms with E-state index in [-0.39, 0.29) is 11.5 Å². The second-order valence-electron chi connectivity index (χ2n) is 6.64. The molecule has 3 aromatic rings. The van der Waals surface area contributed by atoms with Crippen LogP contribution in [0, 0.1) is 4.77 Å². The van der Waals surface area contributed by atoms with Crippen LogP contribution < -0.4 is 14.2 Å². The minimum atomic E-state index is -2.90. The van der Waals surface area contributed by atoms with Crippen LogP contribution in [0.5, 0.6) is 17.2 Å². The predicted molar refractivity (Wildman–Crippen MR) is 112 cm³/mol. The fourth-order valence-corrected chi connectivity index (χ4v) is 3.37. The lowest BCUT2D eigenvalue weighted by atomic mass is 10.2. The number of aromatic nitrogens is 2. The van der Waals surface area contributed by atoms with E-state index in [1.807, 2.05) is 52.8 Å². The maximum atomic E-state index is 12.5. The molecule has 6 nitrogen and oxygen atoms in total. The van der Waals surface area contributed by atoms with Gasteiger partial charge in [0.25, 0.3) is 0 Å². The molecule has 30 heavy (non-hydrogen) atoms. The second-order valence-corrected chi connectivity index (χ2v) is 7.00. The van der Waals surface area contributed by atoms with Gasteiger partial charge in [-0.1, -0.05) is 6.07 Å². The fourth-order valence-electron chi connectivity index (χ4n) is 3.09. The second kappa shape index (κ2) is 9.73. The van der Waals surface area contributed by atoms with Gasteiger partial charge < -0.3 is 18.8 Å². The lowest BCUT2D eigenvalue weighted by Crippen LogP contribution is -2.21. The minimum Gasteiger partial charge on any atom is -0.497 e. The van der Waals surface area contributed by atoms with Crippen molar-refractivity contribution < 1.29 is 23.0 Å². The lowest BCUT2D eigenvalue weighted by Gasteiger charge is -2.18. The number of methoxy groups -OCH3 is 2. The summed E-state index contributed by atoms with van der Waals surface area (Å²) in [4.78, 5) is 2.05. The van der Waals surface area contributed by atoms with Crippen LogP contribution in [0.1, 0.15) is 5.56 Å². The summed E-state index contributed by atoms with van der Waals surface area (Å²) in [7, 11) is 4.99. The van der Waals surface area contributed by atoms with Crippen LogP contribution >= 0.6 is 12.2 Å². The first-order chi connectivity index (χ1) is 14.4. The van der Waals surface area contributed by atoms with Crippen molar-refractivity contribution in [3.05, 3.63) is 65.2 Å². The van der Waals surface area contributed by atoms with Crippen molar-refractivity contribution in [3.8, 4) is 22.9 Å². The molecule has 0 amide bonds. The molecular weight excluding hydrogens is 412 g/mol. The molecule has 0 aliphatic heterocycles. The number of imidazole rings is 1. The standard InChI is InChI=1S/C21H23F2N3O3S/c1-24(13-15-4-9-18(29-20(22)23)19(12-15)28-3)14-25-10-11-26(21(25)30)16-5-7-17(27-2)8-6-16/h4-12,20H,13-14H2,1-3H3. The highest BCUT2D eigenvalue weighted by molar-refractivity contribution is 7.71. The van der Waals surface area contributed by atoms with Gasteiger partial charge in [-0.15, -0.1) is 0 Å². The van der Waals surface area contributed by atoms with Crippen LogP contribution in [0.25, 0.3) is 5.69 Å². The van der Waals surface area contributed by atoms with Crippen molar-refractivity contribution in [1.29, 1.82) is 0 Å². The summed E-state index contributed by atoms with van der Waals surface area (Å²) >= 11 is 5.61. The summed E-state index contributed by atoms with van der Waals surface area (Å²) in [6.07, 6.45) is 3.83. The Hall–Kier alpha value is -2.91. The number of benzene rings is 2. The van der Waals surface area contributed by atoms with Gasteiger partial charge in [0.1, 0.15) is 5.75 Å². The Labute approximate surface area is 178 Å². The van der Waals surface area contributed by atoms with Crippen molar-refractivity contribution in [2.24, 2.45) is 0 Å². The van der Waals surface area contributed by atoms with E-state index in [1.54, 1.807) is 19.2 Å². The molecule has 1 heterocycles. The number of hydrogen-bond donors (Lipinski definition) is 0. The van der Waals surface area contributed by atoms with Gasteiger partial charge >= 0.3 is 6.61 Å². The SMILES string of the molecule is COc1ccc(-n2ccn(CN(C)Cc3ccc(OC(F)F)c(OC)c3)c2=S)cc1. The van der Waals surface area contributed by atoms with Gasteiger partial charge in [-0.25, -0.2) is 0 Å². The van der Waals surface area contributed by atoms with E-state index in [2.05, 4.69) is 9.64 Å². The van der Waals surface area contributed by atoms with E-state index in [0.717, 1.165) is 17.0 Å². The summed E-state index contributed by atoms with van der Waals surface area (Å²) < 4.78 is 44.3. The van der Waals surface area contributed by atoms with E-state index in [9.17, 15) is 8.78 Å². The Balaban J connectivity index is 1.70. The highest BCUT2D eigenvalue weighted by Gasteiger charge is 2.12. The molecule has 0 saturated carbocycles. The average Bonchev–Trinajstić information content (AvgIpc) is 3.08. The fraction of sp³-hybridized carbons (Fsp3) is 0.286. The first kappa shape index (κ1) is 21.8. The molecule has 0 spiro atoms. The van der Waals surface area contributed by atoms with Crippen molar-refractivity contribution in [3.63, 3.8) is 0 Å². The van der Waals surface area contributed by atoms with Crippen molar-refractivity contribution in [2.45, 2.75) is 19.8 Å². The van der Waals surface area contributed by atoms with Crippen LogP contribution in [0.2, 0.25) is 0 Å². The maximum Gasteiger partial charge on any atom is 0.387 e. The molecule has 0 aliphatic carbocycles. The molecule has 0 aliphatic rings. The molecule has 1 aromatic heterocycles. The quantitative estimate of drug-likeness (QED) is 0.455. The predicted octanol–water partition coefficient (Wildman–Crippen LogP) is 4.72. The van der Waals surface area contributed by atoms with Crippen molar-refractivity contribution >= 4 is 12.2 Å². The van der Waals surface area contributed by atoms with E-state index < -0.39 is 6.61 Å². The maximum absolute atomic E-state index is 12.5. The third-order valence-corrected chi connectivity index (χ3v) is 4.92. The highest BCUT2D eigenvalue weighted by atomic mass is 32.1. The summed E-state index contributed by atoms with van der Waals surface area (Å²) in [5.41, 5.74) is 1.85. The largest absolute Gasteiger partial charge is 0.497 e. The zero-order valence-electron chi connectivity index (χ0n) is 16.9. The minimum absolute atomic E-state index is 0.0118. The van der Waals surface area contributed by atoms with Gasteiger partial charge in [-0.2, -0.15) is 8.78 Å². The number of ether oxygens (including phenoxy) is 3. The molecule has 160 valence electrons. The molecule has 0 saturated heterocycles. The third kappa shape index (κ3) is 5.17. The lowest BCUT2D eigenvalue weighted by molar-refractivity contribution is -0.0512. The molecule has 3 rings (SSSR count). The molecule has 0 atom stereocenters. The first-order valence-corrected chi connectivity index (χ1v) is 9.54. The van der Waals surface area contributed by atoms with Crippen LogP contribution in [0.15, 0.2) is 54.9 Å². The Kier molecular flexibility index (Phi) is 7.07. The van der Waals surface area contributed by atoms with E-state index >= 15 is 0 Å². The van der Waals surface area contributed by atoms with Crippen LogP contribution in [-0.4, -0.2) is 41.9 Å². The van der Waals surface area contributed by atoms with Gasteiger partial charge in [0.15, 0.2) is 16.3 Å². The number of rotatable bonds is 9. The molecule has 0 radical (unpaired) electrons. The zero-order valence-corrected chi connectivity index (χ0v) is 17.7. The average molecular weight is 435 g/mol.